The predicted octanol–water partition coefficient (Wildman–Crippen LogP) is 4.73. The Hall–Kier alpha value is -0.830. The maximum atomic E-state index is 13.5. The average molecular weight is 296 g/mol. The van der Waals surface area contributed by atoms with Crippen molar-refractivity contribution in [3.63, 3.8) is 0 Å². The molecule has 0 saturated carbocycles. The van der Waals surface area contributed by atoms with Gasteiger partial charge in [-0.3, -0.25) is 0 Å². The summed E-state index contributed by atoms with van der Waals surface area (Å²) in [7, 11) is 0. The van der Waals surface area contributed by atoms with E-state index in [1.165, 1.54) is 43.0 Å². The normalized spacial score (nSPS) is 16.6. The van der Waals surface area contributed by atoms with E-state index in [0.29, 0.717) is 0 Å². The van der Waals surface area contributed by atoms with Crippen LogP contribution in [0.1, 0.15) is 36.9 Å². The highest BCUT2D eigenvalue weighted by atomic mass is 79.9. The molecule has 0 aliphatic heterocycles. The van der Waals surface area contributed by atoms with Gasteiger partial charge in [-0.15, -0.1) is 0 Å². The van der Waals surface area contributed by atoms with Gasteiger partial charge in [0.15, 0.2) is 0 Å². The third-order valence-corrected chi connectivity index (χ3v) is 4.25. The number of aryl methyl sites for hydroxylation is 2. The molecule has 0 unspecified atom stereocenters. The van der Waals surface area contributed by atoms with E-state index in [0.717, 1.165) is 28.2 Å². The van der Waals surface area contributed by atoms with Crippen LogP contribution in [0.3, 0.4) is 0 Å². The first-order valence-corrected chi connectivity index (χ1v) is 7.03. The molecule has 3 heteroatoms. The molecule has 1 aromatic carbocycles. The Balaban J connectivity index is 2.22. The van der Waals surface area contributed by atoms with Crippen LogP contribution in [0.15, 0.2) is 16.6 Å². The van der Waals surface area contributed by atoms with Crippen LogP contribution in [-0.2, 0) is 12.8 Å². The standard InChI is InChI=1S/C14H15BrFN/c15-12-8-9(16)7-11-10-5-3-1-2-4-6-13(10)17-14(11)12/h7-8,17H,1-6H2. The molecule has 0 atom stereocenters. The van der Waals surface area contributed by atoms with E-state index in [1.807, 2.05) is 0 Å². The van der Waals surface area contributed by atoms with Gasteiger partial charge in [0.1, 0.15) is 5.82 Å². The van der Waals surface area contributed by atoms with Crippen molar-refractivity contribution in [1.82, 2.24) is 4.98 Å². The number of hydrogen-bond donors (Lipinski definition) is 1. The van der Waals surface area contributed by atoms with Crippen LogP contribution < -0.4 is 0 Å². The highest BCUT2D eigenvalue weighted by Gasteiger charge is 2.15. The molecule has 1 N–H and O–H groups in total. The van der Waals surface area contributed by atoms with Crippen LogP contribution in [0, 0.1) is 5.82 Å². The van der Waals surface area contributed by atoms with Crippen LogP contribution in [-0.4, -0.2) is 4.98 Å². The number of benzene rings is 1. The first-order chi connectivity index (χ1) is 8.25. The van der Waals surface area contributed by atoms with Crippen molar-refractivity contribution in [1.29, 1.82) is 0 Å². The van der Waals surface area contributed by atoms with Crippen molar-refractivity contribution >= 4 is 26.8 Å². The van der Waals surface area contributed by atoms with Crippen molar-refractivity contribution in [2.75, 3.05) is 0 Å². The first-order valence-electron chi connectivity index (χ1n) is 6.24. The molecule has 0 bridgehead atoms. The maximum Gasteiger partial charge on any atom is 0.125 e. The maximum absolute atomic E-state index is 13.5. The monoisotopic (exact) mass is 295 g/mol. The zero-order valence-electron chi connectivity index (χ0n) is 9.65. The Morgan fingerprint density at radius 1 is 1.06 bits per heavy atom. The minimum absolute atomic E-state index is 0.159. The van der Waals surface area contributed by atoms with E-state index < -0.39 is 0 Å². The summed E-state index contributed by atoms with van der Waals surface area (Å²) >= 11 is 3.44. The number of hydrogen-bond acceptors (Lipinski definition) is 0. The molecule has 1 aliphatic rings. The number of aromatic nitrogens is 1. The van der Waals surface area contributed by atoms with Crippen LogP contribution in [0.5, 0.6) is 0 Å². The lowest BCUT2D eigenvalue weighted by Crippen LogP contribution is -1.97. The molecular formula is C14H15BrFN. The van der Waals surface area contributed by atoms with E-state index in [1.54, 1.807) is 6.07 Å². The van der Waals surface area contributed by atoms with Crippen LogP contribution >= 0.6 is 15.9 Å². The SMILES string of the molecule is Fc1cc(Br)c2[nH]c3c(c2c1)CCCCCC3. The Kier molecular flexibility index (Phi) is 2.95. The summed E-state index contributed by atoms with van der Waals surface area (Å²) < 4.78 is 14.3. The van der Waals surface area contributed by atoms with E-state index in [4.69, 9.17) is 0 Å². The van der Waals surface area contributed by atoms with Crippen molar-refractivity contribution in [2.24, 2.45) is 0 Å². The lowest BCUT2D eigenvalue weighted by molar-refractivity contribution is 0.614. The number of fused-ring (bicyclic) bond motifs is 3. The molecule has 1 aliphatic carbocycles. The molecule has 1 nitrogen and oxygen atoms in total. The van der Waals surface area contributed by atoms with Gasteiger partial charge in [0, 0.05) is 15.6 Å². The summed E-state index contributed by atoms with van der Waals surface area (Å²) in [5.74, 6) is -0.159. The fourth-order valence-corrected chi connectivity index (χ4v) is 3.31. The minimum atomic E-state index is -0.159. The molecular weight excluding hydrogens is 281 g/mol. The minimum Gasteiger partial charge on any atom is -0.357 e. The Morgan fingerprint density at radius 3 is 2.65 bits per heavy atom. The van der Waals surface area contributed by atoms with Crippen molar-refractivity contribution in [2.45, 2.75) is 38.5 Å². The van der Waals surface area contributed by atoms with Crippen molar-refractivity contribution in [3.8, 4) is 0 Å². The van der Waals surface area contributed by atoms with Gasteiger partial charge < -0.3 is 4.98 Å². The van der Waals surface area contributed by atoms with Gasteiger partial charge in [0.2, 0.25) is 0 Å². The molecule has 0 fully saturated rings. The van der Waals surface area contributed by atoms with Gasteiger partial charge in [-0.2, -0.15) is 0 Å². The van der Waals surface area contributed by atoms with E-state index in [-0.39, 0.29) is 5.82 Å². The van der Waals surface area contributed by atoms with E-state index in [9.17, 15) is 4.39 Å². The van der Waals surface area contributed by atoms with Gasteiger partial charge in [-0.05, 0) is 59.3 Å². The zero-order chi connectivity index (χ0) is 11.8. The summed E-state index contributed by atoms with van der Waals surface area (Å²) in [6.07, 6.45) is 7.23. The highest BCUT2D eigenvalue weighted by molar-refractivity contribution is 9.10. The summed E-state index contributed by atoms with van der Waals surface area (Å²) in [6, 6.07) is 3.20. The Bertz CT molecular complexity index is 559. The Morgan fingerprint density at radius 2 is 1.82 bits per heavy atom. The molecule has 1 aromatic heterocycles. The summed E-state index contributed by atoms with van der Waals surface area (Å²) in [6.45, 7) is 0. The number of H-pyrrole nitrogens is 1. The van der Waals surface area contributed by atoms with Gasteiger partial charge in [-0.25, -0.2) is 4.39 Å². The third kappa shape index (κ3) is 2.01. The molecule has 0 spiro atoms. The highest BCUT2D eigenvalue weighted by Crippen LogP contribution is 2.32. The molecule has 0 amide bonds. The van der Waals surface area contributed by atoms with E-state index in [2.05, 4.69) is 20.9 Å². The zero-order valence-corrected chi connectivity index (χ0v) is 11.2. The van der Waals surface area contributed by atoms with E-state index >= 15 is 0 Å². The second kappa shape index (κ2) is 4.45. The molecule has 3 rings (SSSR count). The average Bonchev–Trinajstić information content (AvgIpc) is 2.56. The number of aromatic amines is 1. The number of rotatable bonds is 0. The predicted molar refractivity (Wildman–Crippen MR) is 71.8 cm³/mol. The van der Waals surface area contributed by atoms with Crippen LogP contribution in [0.4, 0.5) is 4.39 Å². The molecule has 1 heterocycles. The first kappa shape index (κ1) is 11.3. The fraction of sp³-hybridized carbons (Fsp3) is 0.429. The van der Waals surface area contributed by atoms with Gasteiger partial charge in [0.25, 0.3) is 0 Å². The molecule has 0 radical (unpaired) electrons. The quantitative estimate of drug-likeness (QED) is 0.723. The number of halogens is 2. The molecule has 17 heavy (non-hydrogen) atoms. The Labute approximate surface area is 109 Å². The molecule has 2 aromatic rings. The summed E-state index contributed by atoms with van der Waals surface area (Å²) in [4.78, 5) is 3.47. The van der Waals surface area contributed by atoms with Crippen molar-refractivity contribution in [3.05, 3.63) is 33.7 Å². The smallest absolute Gasteiger partial charge is 0.125 e. The summed E-state index contributed by atoms with van der Waals surface area (Å²) in [5.41, 5.74) is 3.70. The van der Waals surface area contributed by atoms with Crippen LogP contribution in [0.25, 0.3) is 10.9 Å². The molecule has 0 saturated heterocycles. The number of nitrogens with one attached hydrogen (secondary N) is 1. The summed E-state index contributed by atoms with van der Waals surface area (Å²) in [5, 5.41) is 1.06. The second-order valence-electron chi connectivity index (χ2n) is 4.81. The van der Waals surface area contributed by atoms with Gasteiger partial charge >= 0.3 is 0 Å². The fourth-order valence-electron chi connectivity index (χ4n) is 2.78. The van der Waals surface area contributed by atoms with Gasteiger partial charge in [-0.1, -0.05) is 12.8 Å². The lowest BCUT2D eigenvalue weighted by Gasteiger charge is -2.09. The van der Waals surface area contributed by atoms with Gasteiger partial charge in [0.05, 0.1) is 5.52 Å². The van der Waals surface area contributed by atoms with Crippen LogP contribution in [0.2, 0.25) is 0 Å². The molecule has 90 valence electrons. The second-order valence-corrected chi connectivity index (χ2v) is 5.66. The topological polar surface area (TPSA) is 15.8 Å². The third-order valence-electron chi connectivity index (χ3n) is 3.62. The van der Waals surface area contributed by atoms with Crippen molar-refractivity contribution < 1.29 is 4.39 Å². The lowest BCUT2D eigenvalue weighted by atomic mass is 9.97. The largest absolute Gasteiger partial charge is 0.357 e.